The monoisotopic (exact) mass is 355 g/mol. The van der Waals surface area contributed by atoms with Gasteiger partial charge in [-0.05, 0) is 30.3 Å². The molecule has 0 heterocycles. The topological polar surface area (TPSA) is 59.3 Å². The lowest BCUT2D eigenvalue weighted by molar-refractivity contribution is -0.142. The van der Waals surface area contributed by atoms with Crippen LogP contribution in [0.25, 0.3) is 0 Å². The molecule has 1 rings (SSSR count). The normalized spacial score (nSPS) is 11.2. The van der Waals surface area contributed by atoms with Crippen LogP contribution >= 0.6 is 11.8 Å². The average molecular weight is 355 g/mol. The SMILES string of the molecule is CCOC(=O)Cc1ccc(OC(F)F)c(C#N)c1SC(F)(F)F. The summed E-state index contributed by atoms with van der Waals surface area (Å²) >= 11 is -0.675. The first-order chi connectivity index (χ1) is 10.7. The molecular weight excluding hydrogens is 345 g/mol. The van der Waals surface area contributed by atoms with Gasteiger partial charge in [0, 0.05) is 4.90 Å². The maximum absolute atomic E-state index is 12.7. The Labute approximate surface area is 132 Å². The minimum absolute atomic E-state index is 0.0261. The lowest BCUT2D eigenvalue weighted by Gasteiger charge is -2.15. The van der Waals surface area contributed by atoms with Gasteiger partial charge in [-0.2, -0.15) is 27.2 Å². The third kappa shape index (κ3) is 5.94. The molecule has 0 aliphatic heterocycles. The predicted molar refractivity (Wildman–Crippen MR) is 70.0 cm³/mol. The highest BCUT2D eigenvalue weighted by molar-refractivity contribution is 8.00. The quantitative estimate of drug-likeness (QED) is 0.440. The first kappa shape index (κ1) is 19.0. The number of carbonyl (C=O) groups excluding carboxylic acids is 1. The summed E-state index contributed by atoms with van der Waals surface area (Å²) in [6.07, 6.45) is -0.532. The molecule has 0 aliphatic rings. The maximum atomic E-state index is 12.7. The van der Waals surface area contributed by atoms with E-state index in [9.17, 15) is 26.7 Å². The van der Waals surface area contributed by atoms with Gasteiger partial charge in [0.25, 0.3) is 0 Å². The van der Waals surface area contributed by atoms with Gasteiger partial charge in [0.05, 0.1) is 13.0 Å². The number of rotatable bonds is 6. The summed E-state index contributed by atoms with van der Waals surface area (Å²) in [5.41, 5.74) is -5.66. The Morgan fingerprint density at radius 1 is 1.39 bits per heavy atom. The lowest BCUT2D eigenvalue weighted by Crippen LogP contribution is -2.12. The largest absolute Gasteiger partial charge is 0.466 e. The molecule has 4 nitrogen and oxygen atoms in total. The lowest BCUT2D eigenvalue weighted by atomic mass is 10.1. The van der Waals surface area contributed by atoms with E-state index < -0.39 is 52.5 Å². The molecule has 1 aromatic rings. The maximum Gasteiger partial charge on any atom is 0.446 e. The molecule has 0 fully saturated rings. The zero-order valence-electron chi connectivity index (χ0n) is 11.6. The van der Waals surface area contributed by atoms with Crippen LogP contribution in [0.5, 0.6) is 5.75 Å². The molecule has 0 bridgehead atoms. The summed E-state index contributed by atoms with van der Waals surface area (Å²) in [5.74, 6) is -1.50. The van der Waals surface area contributed by atoms with E-state index in [2.05, 4.69) is 9.47 Å². The van der Waals surface area contributed by atoms with E-state index in [1.807, 2.05) is 0 Å². The number of alkyl halides is 5. The summed E-state index contributed by atoms with van der Waals surface area (Å²) in [4.78, 5) is 10.8. The number of halogens is 5. The number of thioether (sulfide) groups is 1. The molecule has 0 spiro atoms. The van der Waals surface area contributed by atoms with E-state index in [0.717, 1.165) is 12.1 Å². The molecule has 0 aliphatic carbocycles. The first-order valence-corrected chi connectivity index (χ1v) is 6.91. The summed E-state index contributed by atoms with van der Waals surface area (Å²) in [6, 6.07) is 3.34. The fourth-order valence-corrected chi connectivity index (χ4v) is 2.40. The van der Waals surface area contributed by atoms with Gasteiger partial charge in [0.15, 0.2) is 0 Å². The van der Waals surface area contributed by atoms with Crippen molar-refractivity contribution in [1.82, 2.24) is 0 Å². The van der Waals surface area contributed by atoms with Gasteiger partial charge in [-0.25, -0.2) is 0 Å². The Morgan fingerprint density at radius 2 is 2.04 bits per heavy atom. The van der Waals surface area contributed by atoms with Crippen LogP contribution in [0.15, 0.2) is 17.0 Å². The third-order valence-corrected chi connectivity index (χ3v) is 3.29. The van der Waals surface area contributed by atoms with Gasteiger partial charge in [-0.1, -0.05) is 6.07 Å². The minimum atomic E-state index is -4.78. The van der Waals surface area contributed by atoms with Gasteiger partial charge < -0.3 is 9.47 Å². The fourth-order valence-electron chi connectivity index (χ4n) is 1.65. The molecule has 0 unspecified atom stereocenters. The molecule has 0 saturated carbocycles. The van der Waals surface area contributed by atoms with Crippen LogP contribution in [0.1, 0.15) is 18.1 Å². The van der Waals surface area contributed by atoms with Crippen molar-refractivity contribution in [1.29, 1.82) is 5.26 Å². The second kappa shape index (κ2) is 8.01. The van der Waals surface area contributed by atoms with Crippen LogP contribution in [-0.4, -0.2) is 24.7 Å². The van der Waals surface area contributed by atoms with E-state index in [4.69, 9.17) is 5.26 Å². The van der Waals surface area contributed by atoms with E-state index >= 15 is 0 Å². The number of esters is 1. The molecule has 23 heavy (non-hydrogen) atoms. The molecule has 0 N–H and O–H groups in total. The van der Waals surface area contributed by atoms with Crippen LogP contribution < -0.4 is 4.74 Å². The second-order valence-corrected chi connectivity index (χ2v) is 5.02. The van der Waals surface area contributed by atoms with Crippen molar-refractivity contribution < 1.29 is 36.2 Å². The van der Waals surface area contributed by atoms with Gasteiger partial charge in [0.1, 0.15) is 17.4 Å². The van der Waals surface area contributed by atoms with Gasteiger partial charge >= 0.3 is 18.1 Å². The highest BCUT2D eigenvalue weighted by Gasteiger charge is 2.33. The number of nitrogens with zero attached hydrogens (tertiary/aromatic N) is 1. The van der Waals surface area contributed by atoms with E-state index in [1.54, 1.807) is 0 Å². The van der Waals surface area contributed by atoms with E-state index in [1.165, 1.54) is 13.0 Å². The summed E-state index contributed by atoms with van der Waals surface area (Å²) in [5, 5.41) is 9.00. The molecule has 126 valence electrons. The molecule has 0 radical (unpaired) electrons. The number of carbonyl (C=O) groups is 1. The van der Waals surface area contributed by atoms with Gasteiger partial charge in [-0.15, -0.1) is 0 Å². The van der Waals surface area contributed by atoms with Crippen LogP contribution in [0.4, 0.5) is 22.0 Å². The van der Waals surface area contributed by atoms with Crippen LogP contribution in [0, 0.1) is 11.3 Å². The van der Waals surface area contributed by atoms with E-state index in [0.29, 0.717) is 0 Å². The number of hydrogen-bond donors (Lipinski definition) is 0. The molecule has 1 aromatic carbocycles. The molecule has 0 amide bonds. The highest BCUT2D eigenvalue weighted by atomic mass is 32.2. The zero-order chi connectivity index (χ0) is 17.6. The highest BCUT2D eigenvalue weighted by Crippen LogP contribution is 2.43. The number of nitriles is 1. The predicted octanol–water partition coefficient (Wildman–Crippen LogP) is 3.88. The van der Waals surface area contributed by atoms with Crippen LogP contribution in [-0.2, 0) is 16.0 Å². The Bertz CT molecular complexity index is 613. The molecule has 0 atom stereocenters. The Hall–Kier alpha value is -2.02. The first-order valence-electron chi connectivity index (χ1n) is 6.10. The number of hydrogen-bond acceptors (Lipinski definition) is 5. The standard InChI is InChI=1S/C13H10F5NO3S/c1-2-21-10(20)5-7-3-4-9(22-12(14)15)8(6-19)11(7)23-13(16,17)18/h3-4,12H,2,5H2,1H3. The summed E-state index contributed by atoms with van der Waals surface area (Å²) < 4.78 is 71.2. The van der Waals surface area contributed by atoms with Crippen molar-refractivity contribution in [2.75, 3.05) is 6.61 Å². The Balaban J connectivity index is 3.34. The van der Waals surface area contributed by atoms with Gasteiger partial charge in [0.2, 0.25) is 0 Å². The fraction of sp³-hybridized carbons (Fsp3) is 0.385. The van der Waals surface area contributed by atoms with Crippen molar-refractivity contribution in [2.24, 2.45) is 0 Å². The Kier molecular flexibility index (Phi) is 6.62. The molecular formula is C13H10F5NO3S. The number of benzene rings is 1. The van der Waals surface area contributed by atoms with Crippen molar-refractivity contribution in [2.45, 2.75) is 30.4 Å². The van der Waals surface area contributed by atoms with E-state index in [-0.39, 0.29) is 12.2 Å². The van der Waals surface area contributed by atoms with Crippen LogP contribution in [0.3, 0.4) is 0 Å². The van der Waals surface area contributed by atoms with Gasteiger partial charge in [-0.3, -0.25) is 4.79 Å². The van der Waals surface area contributed by atoms with Crippen LogP contribution in [0.2, 0.25) is 0 Å². The van der Waals surface area contributed by atoms with Crippen molar-refractivity contribution in [3.63, 3.8) is 0 Å². The second-order valence-electron chi connectivity index (χ2n) is 3.95. The number of ether oxygens (including phenoxy) is 2. The molecule has 0 aromatic heterocycles. The minimum Gasteiger partial charge on any atom is -0.466 e. The van der Waals surface area contributed by atoms with Crippen molar-refractivity contribution >= 4 is 17.7 Å². The van der Waals surface area contributed by atoms with Crippen molar-refractivity contribution in [3.8, 4) is 11.8 Å². The Morgan fingerprint density at radius 3 is 2.52 bits per heavy atom. The molecule has 10 heteroatoms. The molecule has 0 saturated heterocycles. The smallest absolute Gasteiger partial charge is 0.446 e. The zero-order valence-corrected chi connectivity index (χ0v) is 12.4. The third-order valence-electron chi connectivity index (χ3n) is 2.39. The average Bonchev–Trinajstić information content (AvgIpc) is 2.40. The summed E-state index contributed by atoms with van der Waals surface area (Å²) in [7, 11) is 0. The summed E-state index contributed by atoms with van der Waals surface area (Å²) in [6.45, 7) is -1.76. The van der Waals surface area contributed by atoms with Crippen molar-refractivity contribution in [3.05, 3.63) is 23.3 Å².